The molecule has 0 radical (unpaired) electrons. The van der Waals surface area contributed by atoms with Gasteiger partial charge in [-0.3, -0.25) is 4.90 Å². The van der Waals surface area contributed by atoms with Crippen LogP contribution in [0, 0.1) is 6.92 Å². The van der Waals surface area contributed by atoms with Crippen molar-refractivity contribution in [2.45, 2.75) is 44.7 Å². The molecule has 0 spiro atoms. The van der Waals surface area contributed by atoms with Crippen molar-refractivity contribution in [3.63, 3.8) is 0 Å². The van der Waals surface area contributed by atoms with Crippen molar-refractivity contribution in [3.8, 4) is 0 Å². The lowest BCUT2D eigenvalue weighted by Gasteiger charge is -2.23. The first-order valence-corrected chi connectivity index (χ1v) is 6.54. The zero-order valence-corrected chi connectivity index (χ0v) is 9.52. The SMILES string of the molecule is Cc1sccc1C1CCC2CCCN21. The fraction of sp³-hybridized carbons (Fsp3) is 0.667. The summed E-state index contributed by atoms with van der Waals surface area (Å²) in [6.07, 6.45) is 5.69. The molecule has 0 aliphatic carbocycles. The molecule has 2 aliphatic rings. The van der Waals surface area contributed by atoms with Crippen LogP contribution in [0.2, 0.25) is 0 Å². The van der Waals surface area contributed by atoms with Crippen LogP contribution in [0.4, 0.5) is 0 Å². The van der Waals surface area contributed by atoms with E-state index in [0.29, 0.717) is 0 Å². The number of rotatable bonds is 1. The first kappa shape index (κ1) is 8.93. The lowest BCUT2D eigenvalue weighted by atomic mass is 10.0. The summed E-state index contributed by atoms with van der Waals surface area (Å²) in [6.45, 7) is 3.61. The second-order valence-electron chi connectivity index (χ2n) is 4.56. The van der Waals surface area contributed by atoms with Gasteiger partial charge in [0.05, 0.1) is 0 Å². The number of aryl methyl sites for hydroxylation is 1. The van der Waals surface area contributed by atoms with Gasteiger partial charge < -0.3 is 0 Å². The van der Waals surface area contributed by atoms with Gasteiger partial charge in [-0.15, -0.1) is 11.3 Å². The predicted molar refractivity (Wildman–Crippen MR) is 60.8 cm³/mol. The number of thiophene rings is 1. The highest BCUT2D eigenvalue weighted by molar-refractivity contribution is 7.10. The number of hydrogen-bond acceptors (Lipinski definition) is 2. The Labute approximate surface area is 89.7 Å². The highest BCUT2D eigenvalue weighted by Gasteiger charge is 2.37. The third-order valence-electron chi connectivity index (χ3n) is 3.85. The van der Waals surface area contributed by atoms with Crippen molar-refractivity contribution >= 4 is 11.3 Å². The van der Waals surface area contributed by atoms with E-state index in [2.05, 4.69) is 23.3 Å². The normalized spacial score (nSPS) is 32.4. The predicted octanol–water partition coefficient (Wildman–Crippen LogP) is 3.36. The molecular formula is C12H17NS. The Kier molecular flexibility index (Phi) is 2.14. The molecule has 2 fully saturated rings. The summed E-state index contributed by atoms with van der Waals surface area (Å²) < 4.78 is 0. The van der Waals surface area contributed by atoms with E-state index in [-0.39, 0.29) is 0 Å². The Balaban J connectivity index is 1.89. The average Bonchev–Trinajstić information content (AvgIpc) is 2.78. The van der Waals surface area contributed by atoms with E-state index >= 15 is 0 Å². The Hall–Kier alpha value is -0.340. The molecule has 2 atom stereocenters. The van der Waals surface area contributed by atoms with Crippen molar-refractivity contribution in [2.24, 2.45) is 0 Å². The Morgan fingerprint density at radius 3 is 3.07 bits per heavy atom. The highest BCUT2D eigenvalue weighted by Crippen LogP contribution is 2.42. The number of nitrogens with zero attached hydrogens (tertiary/aromatic N) is 1. The quantitative estimate of drug-likeness (QED) is 0.682. The molecule has 2 saturated heterocycles. The van der Waals surface area contributed by atoms with Crippen molar-refractivity contribution in [1.82, 2.24) is 4.90 Å². The van der Waals surface area contributed by atoms with E-state index in [1.54, 1.807) is 5.56 Å². The summed E-state index contributed by atoms with van der Waals surface area (Å²) >= 11 is 1.90. The number of hydrogen-bond donors (Lipinski definition) is 0. The molecule has 2 aliphatic heterocycles. The van der Waals surface area contributed by atoms with Gasteiger partial charge in [-0.1, -0.05) is 0 Å². The van der Waals surface area contributed by atoms with Gasteiger partial charge in [-0.05, 0) is 56.2 Å². The van der Waals surface area contributed by atoms with Gasteiger partial charge in [-0.25, -0.2) is 0 Å². The Bertz CT molecular complexity index is 331. The molecule has 1 aromatic rings. The molecule has 2 heteroatoms. The first-order chi connectivity index (χ1) is 6.86. The lowest BCUT2D eigenvalue weighted by Crippen LogP contribution is -2.25. The summed E-state index contributed by atoms with van der Waals surface area (Å²) in [5, 5.41) is 2.24. The average molecular weight is 207 g/mol. The summed E-state index contributed by atoms with van der Waals surface area (Å²) in [7, 11) is 0. The second kappa shape index (κ2) is 3.35. The Morgan fingerprint density at radius 2 is 2.29 bits per heavy atom. The molecule has 0 saturated carbocycles. The molecular weight excluding hydrogens is 190 g/mol. The molecule has 0 amide bonds. The van der Waals surface area contributed by atoms with Crippen LogP contribution in [0.5, 0.6) is 0 Å². The van der Waals surface area contributed by atoms with Gasteiger partial charge in [0.25, 0.3) is 0 Å². The van der Waals surface area contributed by atoms with E-state index in [1.807, 2.05) is 11.3 Å². The van der Waals surface area contributed by atoms with Crippen LogP contribution in [-0.4, -0.2) is 17.5 Å². The van der Waals surface area contributed by atoms with Gasteiger partial charge in [-0.2, -0.15) is 0 Å². The van der Waals surface area contributed by atoms with Crippen molar-refractivity contribution in [1.29, 1.82) is 0 Å². The topological polar surface area (TPSA) is 3.24 Å². The van der Waals surface area contributed by atoms with Gasteiger partial charge in [0.1, 0.15) is 0 Å². The van der Waals surface area contributed by atoms with Crippen molar-refractivity contribution in [2.75, 3.05) is 6.54 Å². The molecule has 14 heavy (non-hydrogen) atoms. The third kappa shape index (κ3) is 1.24. The number of fused-ring (bicyclic) bond motifs is 1. The van der Waals surface area contributed by atoms with Crippen LogP contribution < -0.4 is 0 Å². The van der Waals surface area contributed by atoms with E-state index in [0.717, 1.165) is 12.1 Å². The minimum atomic E-state index is 0.758. The fourth-order valence-electron chi connectivity index (χ4n) is 3.17. The maximum atomic E-state index is 2.75. The van der Waals surface area contributed by atoms with Crippen molar-refractivity contribution in [3.05, 3.63) is 21.9 Å². The monoisotopic (exact) mass is 207 g/mol. The van der Waals surface area contributed by atoms with E-state index < -0.39 is 0 Å². The van der Waals surface area contributed by atoms with E-state index in [9.17, 15) is 0 Å². The van der Waals surface area contributed by atoms with E-state index in [4.69, 9.17) is 0 Å². The maximum Gasteiger partial charge on any atom is 0.0362 e. The molecule has 1 nitrogen and oxygen atoms in total. The summed E-state index contributed by atoms with van der Waals surface area (Å²) in [5.41, 5.74) is 1.61. The van der Waals surface area contributed by atoms with Gasteiger partial charge in [0.15, 0.2) is 0 Å². The minimum Gasteiger partial charge on any atom is -0.293 e. The second-order valence-corrected chi connectivity index (χ2v) is 5.68. The van der Waals surface area contributed by atoms with Crippen LogP contribution in [0.3, 0.4) is 0 Å². The zero-order chi connectivity index (χ0) is 9.54. The minimum absolute atomic E-state index is 0.758. The smallest absolute Gasteiger partial charge is 0.0362 e. The summed E-state index contributed by atoms with van der Waals surface area (Å²) in [4.78, 5) is 4.28. The molecule has 3 rings (SSSR count). The Morgan fingerprint density at radius 1 is 1.36 bits per heavy atom. The third-order valence-corrected chi connectivity index (χ3v) is 4.72. The highest BCUT2D eigenvalue weighted by atomic mass is 32.1. The summed E-state index contributed by atoms with van der Waals surface area (Å²) in [6, 6.07) is 4.01. The molecule has 0 N–H and O–H groups in total. The largest absolute Gasteiger partial charge is 0.293 e. The molecule has 1 aromatic heterocycles. The van der Waals surface area contributed by atoms with Gasteiger partial charge in [0.2, 0.25) is 0 Å². The molecule has 3 heterocycles. The van der Waals surface area contributed by atoms with Gasteiger partial charge in [0, 0.05) is 17.0 Å². The standard InChI is InChI=1S/C12H17NS/c1-9-11(6-8-14-9)12-5-4-10-3-2-7-13(10)12/h6,8,10,12H,2-5,7H2,1H3. The maximum absolute atomic E-state index is 2.75. The van der Waals surface area contributed by atoms with Crippen LogP contribution >= 0.6 is 11.3 Å². The van der Waals surface area contributed by atoms with Crippen LogP contribution in [0.1, 0.15) is 42.2 Å². The van der Waals surface area contributed by atoms with Crippen LogP contribution in [0.15, 0.2) is 11.4 Å². The molecule has 2 unspecified atom stereocenters. The van der Waals surface area contributed by atoms with Crippen LogP contribution in [-0.2, 0) is 0 Å². The first-order valence-electron chi connectivity index (χ1n) is 5.66. The zero-order valence-electron chi connectivity index (χ0n) is 8.70. The molecule has 0 bridgehead atoms. The van der Waals surface area contributed by atoms with Gasteiger partial charge >= 0.3 is 0 Å². The molecule has 76 valence electrons. The van der Waals surface area contributed by atoms with Crippen molar-refractivity contribution < 1.29 is 0 Å². The van der Waals surface area contributed by atoms with Crippen LogP contribution in [0.25, 0.3) is 0 Å². The fourth-order valence-corrected chi connectivity index (χ4v) is 3.93. The molecule has 0 aromatic carbocycles. The van der Waals surface area contributed by atoms with E-state index in [1.165, 1.54) is 37.1 Å². The lowest BCUT2D eigenvalue weighted by molar-refractivity contribution is 0.248. The summed E-state index contributed by atoms with van der Waals surface area (Å²) in [5.74, 6) is 0.